The monoisotopic (exact) mass is 597 g/mol. The van der Waals surface area contributed by atoms with E-state index in [1.165, 1.54) is 39.8 Å². The van der Waals surface area contributed by atoms with E-state index in [0.29, 0.717) is 73.7 Å². The Bertz CT molecular complexity index is 1900. The first-order chi connectivity index (χ1) is 20.4. The van der Waals surface area contributed by atoms with E-state index in [4.69, 9.17) is 14.9 Å². The van der Waals surface area contributed by atoms with Crippen molar-refractivity contribution in [1.82, 2.24) is 33.6 Å². The zero-order chi connectivity index (χ0) is 30.6. The fourth-order valence-corrected chi connectivity index (χ4v) is 5.11. The van der Waals surface area contributed by atoms with Gasteiger partial charge < -0.3 is 24.9 Å². The van der Waals surface area contributed by atoms with E-state index in [2.05, 4.69) is 20.0 Å². The number of carboxylic acid groups (broad SMARTS) is 1. The molecule has 6 rings (SSSR count). The van der Waals surface area contributed by atoms with Crippen LogP contribution in [0, 0.1) is 11.6 Å². The summed E-state index contributed by atoms with van der Waals surface area (Å²) in [7, 11) is 1.63. The minimum Gasteiger partial charge on any atom is -0.478 e. The summed E-state index contributed by atoms with van der Waals surface area (Å²) >= 11 is 0. The quantitative estimate of drug-likeness (QED) is 0.269. The van der Waals surface area contributed by atoms with Crippen LogP contribution in [0.15, 0.2) is 39.7 Å². The Kier molecular flexibility index (Phi) is 6.79. The second-order valence-electron chi connectivity index (χ2n) is 10.8. The lowest BCUT2D eigenvalue weighted by atomic mass is 10.1. The van der Waals surface area contributed by atoms with Crippen LogP contribution in [0.2, 0.25) is 0 Å². The van der Waals surface area contributed by atoms with E-state index in [1.54, 1.807) is 24.1 Å². The number of aliphatic carboxylic acids is 1. The molecule has 14 nitrogen and oxygen atoms in total. The lowest BCUT2D eigenvalue weighted by Crippen LogP contribution is -2.48. The molecule has 0 radical (unpaired) electrons. The molecule has 0 unspecified atom stereocenters. The highest BCUT2D eigenvalue weighted by atomic mass is 19.1. The third-order valence-corrected chi connectivity index (χ3v) is 7.55. The molecule has 1 aromatic carbocycles. The maximum absolute atomic E-state index is 14.8. The van der Waals surface area contributed by atoms with Crippen LogP contribution in [0.25, 0.3) is 28.4 Å². The summed E-state index contributed by atoms with van der Waals surface area (Å²) < 4.78 is 44.3. The van der Waals surface area contributed by atoms with Gasteiger partial charge in [-0.3, -0.25) is 14.0 Å². The van der Waals surface area contributed by atoms with Crippen LogP contribution >= 0.6 is 0 Å². The Balaban J connectivity index is 1.18. The number of nitrogens with two attached hydrogens (primary N) is 1. The zero-order valence-corrected chi connectivity index (χ0v) is 23.6. The van der Waals surface area contributed by atoms with Crippen LogP contribution in [0.1, 0.15) is 13.8 Å². The summed E-state index contributed by atoms with van der Waals surface area (Å²) in [6.45, 7) is 5.27. The van der Waals surface area contributed by atoms with Crippen LogP contribution in [-0.4, -0.2) is 83.0 Å². The molecule has 4 aromatic heterocycles. The highest BCUT2D eigenvalue weighted by molar-refractivity contribution is 5.88. The normalized spacial score (nSPS) is 14.7. The lowest BCUT2D eigenvalue weighted by molar-refractivity contribution is -0.152. The number of carboxylic acids is 1. The van der Waals surface area contributed by atoms with Crippen molar-refractivity contribution in [2.45, 2.75) is 26.0 Å². The van der Waals surface area contributed by atoms with E-state index < -0.39 is 23.2 Å². The fraction of sp³-hybridized carbons (Fsp3) is 0.370. The molecule has 1 aliphatic rings. The number of benzene rings is 1. The van der Waals surface area contributed by atoms with Gasteiger partial charge in [-0.25, -0.2) is 23.4 Å². The van der Waals surface area contributed by atoms with Gasteiger partial charge in [0.15, 0.2) is 34.2 Å². The smallest absolute Gasteiger partial charge is 0.347 e. The van der Waals surface area contributed by atoms with Gasteiger partial charge in [-0.2, -0.15) is 9.50 Å². The van der Waals surface area contributed by atoms with Crippen molar-refractivity contribution in [1.29, 1.82) is 0 Å². The highest BCUT2D eigenvalue weighted by Crippen LogP contribution is 2.31. The predicted molar refractivity (Wildman–Crippen MR) is 151 cm³/mol. The summed E-state index contributed by atoms with van der Waals surface area (Å²) in [5.74, 6) is -2.54. The third kappa shape index (κ3) is 4.92. The van der Waals surface area contributed by atoms with Crippen molar-refractivity contribution < 1.29 is 27.8 Å². The average Bonchev–Trinajstić information content (AvgIpc) is 3.69. The molecule has 5 aromatic rings. The van der Waals surface area contributed by atoms with Gasteiger partial charge in [-0.15, -0.1) is 5.10 Å². The SMILES string of the molecule is Cn1c(=O)n(CCN2CCN(c3cc(OC(C)(C)C(=O)O)c(F)cc3F)CC2)c2nc(N)n3nc(-c4ccco4)nc3c21. The van der Waals surface area contributed by atoms with E-state index in [0.717, 1.165) is 0 Å². The molecule has 0 aliphatic carbocycles. The van der Waals surface area contributed by atoms with E-state index in [-0.39, 0.29) is 23.1 Å². The molecule has 0 spiro atoms. The summed E-state index contributed by atoms with van der Waals surface area (Å²) in [6.07, 6.45) is 1.51. The number of ether oxygens (including phenoxy) is 1. The van der Waals surface area contributed by atoms with Crippen molar-refractivity contribution in [3.8, 4) is 17.3 Å². The van der Waals surface area contributed by atoms with Crippen LogP contribution in [0.4, 0.5) is 20.4 Å². The molecule has 3 N–H and O–H groups in total. The number of hydrogen-bond acceptors (Lipinski definition) is 10. The number of furan rings is 1. The number of rotatable bonds is 8. The molecule has 1 saturated heterocycles. The van der Waals surface area contributed by atoms with Gasteiger partial charge in [0.25, 0.3) is 0 Å². The van der Waals surface area contributed by atoms with Crippen LogP contribution in [0.3, 0.4) is 0 Å². The van der Waals surface area contributed by atoms with Crippen molar-refractivity contribution >= 4 is 34.4 Å². The second-order valence-corrected chi connectivity index (χ2v) is 10.8. The number of anilines is 2. The Morgan fingerprint density at radius 3 is 2.53 bits per heavy atom. The number of fused-ring (bicyclic) bond motifs is 3. The molecule has 0 saturated carbocycles. The van der Waals surface area contributed by atoms with Crippen molar-refractivity contribution in [3.05, 3.63) is 52.6 Å². The van der Waals surface area contributed by atoms with Crippen LogP contribution in [0.5, 0.6) is 5.75 Å². The topological polar surface area (TPSA) is 162 Å². The predicted octanol–water partition coefficient (Wildman–Crippen LogP) is 1.96. The molecule has 0 amide bonds. The van der Waals surface area contributed by atoms with E-state index in [9.17, 15) is 23.5 Å². The number of nitrogens with zero attached hydrogens (tertiary/aromatic N) is 8. The highest BCUT2D eigenvalue weighted by Gasteiger charge is 2.32. The fourth-order valence-electron chi connectivity index (χ4n) is 5.11. The molecule has 43 heavy (non-hydrogen) atoms. The molecule has 16 heteroatoms. The van der Waals surface area contributed by atoms with Gasteiger partial charge in [0.05, 0.1) is 12.0 Å². The molecule has 1 aliphatic heterocycles. The van der Waals surface area contributed by atoms with E-state index in [1.807, 2.05) is 0 Å². The lowest BCUT2D eigenvalue weighted by Gasteiger charge is -2.36. The van der Waals surface area contributed by atoms with Crippen molar-refractivity contribution in [2.24, 2.45) is 7.05 Å². The zero-order valence-electron chi connectivity index (χ0n) is 23.6. The summed E-state index contributed by atoms with van der Waals surface area (Å²) in [4.78, 5) is 37.5. The molecule has 0 bridgehead atoms. The van der Waals surface area contributed by atoms with Gasteiger partial charge in [0.1, 0.15) is 11.3 Å². The van der Waals surface area contributed by atoms with Crippen LogP contribution < -0.4 is 21.1 Å². The number of piperazine rings is 1. The van der Waals surface area contributed by atoms with E-state index >= 15 is 0 Å². The first kappa shape index (κ1) is 28.1. The van der Waals surface area contributed by atoms with Crippen molar-refractivity contribution in [2.75, 3.05) is 43.4 Å². The average molecular weight is 598 g/mol. The number of aromatic nitrogens is 6. The number of nitrogen functional groups attached to an aromatic ring is 1. The molecular weight excluding hydrogens is 568 g/mol. The van der Waals surface area contributed by atoms with Gasteiger partial charge in [0.2, 0.25) is 11.8 Å². The molecule has 0 atom stereocenters. The minimum absolute atomic E-state index is 0.0668. The first-order valence-electron chi connectivity index (χ1n) is 13.5. The number of aryl methyl sites for hydroxylation is 1. The molecule has 5 heterocycles. The summed E-state index contributed by atoms with van der Waals surface area (Å²) in [5.41, 5.74) is 5.55. The molecule has 1 fully saturated rings. The summed E-state index contributed by atoms with van der Waals surface area (Å²) in [6, 6.07) is 5.33. The maximum atomic E-state index is 14.8. The third-order valence-electron chi connectivity index (χ3n) is 7.55. The summed E-state index contributed by atoms with van der Waals surface area (Å²) in [5, 5.41) is 13.7. The molecular formula is C27H29F2N9O5. The second kappa shape index (κ2) is 10.4. The van der Waals surface area contributed by atoms with Gasteiger partial charge >= 0.3 is 11.7 Å². The Morgan fingerprint density at radius 1 is 1.12 bits per heavy atom. The largest absolute Gasteiger partial charge is 0.478 e. The van der Waals surface area contributed by atoms with Gasteiger partial charge in [0, 0.05) is 58.4 Å². The number of imidazole rings is 1. The Labute approximate surface area is 242 Å². The van der Waals surface area contributed by atoms with Gasteiger partial charge in [-0.05, 0) is 26.0 Å². The van der Waals surface area contributed by atoms with Gasteiger partial charge in [-0.1, -0.05) is 0 Å². The minimum atomic E-state index is -1.70. The first-order valence-corrected chi connectivity index (χ1v) is 13.5. The van der Waals surface area contributed by atoms with Crippen molar-refractivity contribution in [3.63, 3.8) is 0 Å². The number of hydrogen-bond donors (Lipinski definition) is 2. The Hall–Kier alpha value is -4.99. The Morgan fingerprint density at radius 2 is 1.86 bits per heavy atom. The number of halogens is 2. The standard InChI is InChI=1S/C27H29F2N9O5/c1-27(2,24(39)40)43-19-14-17(15(28)13-16(19)29)36-9-6-35(7-10-36)8-11-37-22-20(34(3)26(37)41)23-31-21(18-5-4-12-42-18)33-38(23)25(30)32-22/h4-5,12-14H,6-11H2,1-3H3,(H2,30,32)(H,39,40). The maximum Gasteiger partial charge on any atom is 0.347 e. The molecule has 226 valence electrons. The van der Waals surface area contributed by atoms with Crippen LogP contribution in [-0.2, 0) is 18.4 Å². The number of carbonyl (C=O) groups is 1.